The third kappa shape index (κ3) is 3.17. The second kappa shape index (κ2) is 6.37. The first-order valence-electron chi connectivity index (χ1n) is 7.21. The van der Waals surface area contributed by atoms with Crippen molar-refractivity contribution < 1.29 is 4.79 Å². The predicted molar refractivity (Wildman–Crippen MR) is 87.0 cm³/mol. The molecule has 0 unspecified atom stereocenters. The number of H-pyrrole nitrogens is 2. The molecule has 0 spiro atoms. The van der Waals surface area contributed by atoms with E-state index in [1.807, 2.05) is 41.5 Å². The summed E-state index contributed by atoms with van der Waals surface area (Å²) >= 11 is 0. The summed E-state index contributed by atoms with van der Waals surface area (Å²) in [6, 6.07) is 9.40. The molecule has 3 aromatic rings. The van der Waals surface area contributed by atoms with E-state index in [9.17, 15) is 14.4 Å². The highest BCUT2D eigenvalue weighted by molar-refractivity contribution is 5.93. The average molecular weight is 325 g/mol. The van der Waals surface area contributed by atoms with Crippen molar-refractivity contribution in [1.29, 1.82) is 0 Å². The van der Waals surface area contributed by atoms with E-state index >= 15 is 0 Å². The Bertz CT molecular complexity index is 972. The fourth-order valence-electron chi connectivity index (χ4n) is 2.34. The number of aromatic nitrogens is 4. The number of rotatable bonds is 4. The predicted octanol–water partition coefficient (Wildman–Crippen LogP) is 0.521. The molecule has 0 atom stereocenters. The van der Waals surface area contributed by atoms with E-state index in [1.54, 1.807) is 17.9 Å². The number of aromatic amines is 2. The van der Waals surface area contributed by atoms with E-state index < -0.39 is 17.2 Å². The van der Waals surface area contributed by atoms with Gasteiger partial charge in [0.2, 0.25) is 0 Å². The molecular weight excluding hydrogens is 310 g/mol. The highest BCUT2D eigenvalue weighted by Gasteiger charge is 2.16. The van der Waals surface area contributed by atoms with E-state index in [0.29, 0.717) is 6.54 Å². The maximum atomic E-state index is 12.4. The lowest BCUT2D eigenvalue weighted by Crippen LogP contribution is -2.34. The van der Waals surface area contributed by atoms with Crippen LogP contribution in [0.2, 0.25) is 0 Å². The van der Waals surface area contributed by atoms with E-state index in [2.05, 4.69) is 10.1 Å². The van der Waals surface area contributed by atoms with E-state index in [4.69, 9.17) is 0 Å². The zero-order chi connectivity index (χ0) is 17.1. The van der Waals surface area contributed by atoms with Crippen LogP contribution in [0.4, 0.5) is 0 Å². The van der Waals surface area contributed by atoms with E-state index in [0.717, 1.165) is 17.4 Å². The number of amides is 1. The maximum Gasteiger partial charge on any atom is 0.325 e. The number of carbonyl (C=O) groups is 1. The molecule has 122 valence electrons. The van der Waals surface area contributed by atoms with Gasteiger partial charge in [-0.1, -0.05) is 12.1 Å². The Balaban J connectivity index is 1.80. The zero-order valence-electron chi connectivity index (χ0n) is 12.9. The molecule has 0 bridgehead atoms. The van der Waals surface area contributed by atoms with Crippen LogP contribution in [0.1, 0.15) is 15.9 Å². The van der Waals surface area contributed by atoms with Crippen LogP contribution in [0, 0.1) is 0 Å². The van der Waals surface area contributed by atoms with Gasteiger partial charge in [0.15, 0.2) is 0 Å². The van der Waals surface area contributed by atoms with Gasteiger partial charge in [0.05, 0.1) is 5.69 Å². The third-order valence-electron chi connectivity index (χ3n) is 3.50. The van der Waals surface area contributed by atoms with Gasteiger partial charge in [-0.05, 0) is 23.8 Å². The van der Waals surface area contributed by atoms with Gasteiger partial charge in [-0.2, -0.15) is 5.10 Å². The highest BCUT2D eigenvalue weighted by Crippen LogP contribution is 2.12. The summed E-state index contributed by atoms with van der Waals surface area (Å²) in [6.07, 6.45) is 4.64. The summed E-state index contributed by atoms with van der Waals surface area (Å²) in [5, 5.41) is 4.17. The number of nitrogens with one attached hydrogen (secondary N) is 2. The second-order valence-corrected chi connectivity index (χ2v) is 5.27. The molecule has 0 saturated carbocycles. The Kier molecular flexibility index (Phi) is 4.11. The van der Waals surface area contributed by atoms with Gasteiger partial charge in [-0.3, -0.25) is 14.6 Å². The minimum atomic E-state index is -0.708. The Hall–Kier alpha value is -3.42. The minimum absolute atomic E-state index is 0.111. The second-order valence-electron chi connectivity index (χ2n) is 5.27. The Morgan fingerprint density at radius 2 is 2.12 bits per heavy atom. The Morgan fingerprint density at radius 1 is 1.29 bits per heavy atom. The number of benzene rings is 1. The standard InChI is InChI=1S/C16H15N5O3/c1-20(15(23)13-9-17-16(24)19-14(13)22)10-11-4-2-5-12(8-11)21-7-3-6-18-21/h2-9H,10H2,1H3,(H2,17,19,22,24). The van der Waals surface area contributed by atoms with Gasteiger partial charge in [-0.15, -0.1) is 0 Å². The molecule has 3 rings (SSSR count). The summed E-state index contributed by atoms with van der Waals surface area (Å²) in [6.45, 7) is 0.312. The monoisotopic (exact) mass is 325 g/mol. The van der Waals surface area contributed by atoms with Crippen molar-refractivity contribution in [2.75, 3.05) is 7.05 Å². The fourth-order valence-corrected chi connectivity index (χ4v) is 2.34. The first-order chi connectivity index (χ1) is 11.5. The highest BCUT2D eigenvalue weighted by atomic mass is 16.2. The van der Waals surface area contributed by atoms with Crippen LogP contribution in [-0.4, -0.2) is 37.6 Å². The lowest BCUT2D eigenvalue weighted by Gasteiger charge is -2.17. The van der Waals surface area contributed by atoms with E-state index in [-0.39, 0.29) is 5.56 Å². The van der Waals surface area contributed by atoms with E-state index in [1.165, 1.54) is 4.90 Å². The van der Waals surface area contributed by atoms with Crippen molar-refractivity contribution in [2.24, 2.45) is 0 Å². The number of carbonyl (C=O) groups excluding carboxylic acids is 1. The minimum Gasteiger partial charge on any atom is -0.337 e. The fraction of sp³-hybridized carbons (Fsp3) is 0.125. The Labute approximate surface area is 136 Å². The normalized spacial score (nSPS) is 10.5. The molecule has 1 amide bonds. The molecule has 2 N–H and O–H groups in total. The molecule has 0 aliphatic heterocycles. The molecule has 8 nitrogen and oxygen atoms in total. The number of nitrogens with zero attached hydrogens (tertiary/aromatic N) is 3. The summed E-state index contributed by atoms with van der Waals surface area (Å²) in [5.41, 5.74) is 0.298. The van der Waals surface area contributed by atoms with Crippen LogP contribution in [0.3, 0.4) is 0 Å². The average Bonchev–Trinajstić information content (AvgIpc) is 3.09. The molecule has 8 heteroatoms. The SMILES string of the molecule is CN(Cc1cccc(-n2cccn2)c1)C(=O)c1c[nH]c(=O)[nH]c1=O. The quantitative estimate of drug-likeness (QED) is 0.730. The molecule has 2 heterocycles. The third-order valence-corrected chi connectivity index (χ3v) is 3.50. The van der Waals surface area contributed by atoms with Crippen molar-refractivity contribution in [3.05, 3.63) is 80.9 Å². The smallest absolute Gasteiger partial charge is 0.325 e. The summed E-state index contributed by atoms with van der Waals surface area (Å²) < 4.78 is 1.72. The lowest BCUT2D eigenvalue weighted by atomic mass is 10.2. The first kappa shape index (κ1) is 15.5. The van der Waals surface area contributed by atoms with Gasteiger partial charge in [0, 0.05) is 32.2 Å². The van der Waals surface area contributed by atoms with Gasteiger partial charge in [0.25, 0.3) is 11.5 Å². The topological polar surface area (TPSA) is 104 Å². The summed E-state index contributed by atoms with van der Waals surface area (Å²) in [4.78, 5) is 40.9. The van der Waals surface area contributed by atoms with Crippen molar-refractivity contribution >= 4 is 5.91 Å². The van der Waals surface area contributed by atoms with Crippen LogP contribution >= 0.6 is 0 Å². The van der Waals surface area contributed by atoms with Crippen molar-refractivity contribution in [3.8, 4) is 5.69 Å². The molecular formula is C16H15N5O3. The molecule has 1 aromatic carbocycles. The number of hydrogen-bond donors (Lipinski definition) is 2. The summed E-state index contributed by atoms with van der Waals surface area (Å²) in [5.74, 6) is -0.475. The molecule has 0 fully saturated rings. The molecule has 24 heavy (non-hydrogen) atoms. The molecule has 0 saturated heterocycles. The molecule has 2 aromatic heterocycles. The molecule has 0 aliphatic rings. The summed E-state index contributed by atoms with van der Waals surface area (Å²) in [7, 11) is 1.59. The zero-order valence-corrected chi connectivity index (χ0v) is 12.9. The van der Waals surface area contributed by atoms with Gasteiger partial charge in [0.1, 0.15) is 5.56 Å². The van der Waals surface area contributed by atoms with Crippen LogP contribution in [0.5, 0.6) is 0 Å². The van der Waals surface area contributed by atoms with Crippen molar-refractivity contribution in [2.45, 2.75) is 6.54 Å². The van der Waals surface area contributed by atoms with Crippen molar-refractivity contribution in [3.63, 3.8) is 0 Å². The maximum absolute atomic E-state index is 12.4. The largest absolute Gasteiger partial charge is 0.337 e. The van der Waals surface area contributed by atoms with Crippen molar-refractivity contribution in [1.82, 2.24) is 24.6 Å². The molecule has 0 aliphatic carbocycles. The van der Waals surface area contributed by atoms with Gasteiger partial charge in [-0.25, -0.2) is 9.48 Å². The van der Waals surface area contributed by atoms with Crippen LogP contribution in [-0.2, 0) is 6.54 Å². The van der Waals surface area contributed by atoms with Gasteiger partial charge >= 0.3 is 5.69 Å². The van der Waals surface area contributed by atoms with Gasteiger partial charge < -0.3 is 9.88 Å². The number of hydrogen-bond acceptors (Lipinski definition) is 4. The van der Waals surface area contributed by atoms with Crippen LogP contribution in [0.15, 0.2) is 58.5 Å². The Morgan fingerprint density at radius 3 is 2.83 bits per heavy atom. The van der Waals surface area contributed by atoms with Crippen LogP contribution in [0.25, 0.3) is 5.69 Å². The molecule has 0 radical (unpaired) electrons. The van der Waals surface area contributed by atoms with Crippen LogP contribution < -0.4 is 11.2 Å². The lowest BCUT2D eigenvalue weighted by molar-refractivity contribution is 0.0782. The first-order valence-corrected chi connectivity index (χ1v) is 7.21.